The molecule has 0 amide bonds. The summed E-state index contributed by atoms with van der Waals surface area (Å²) in [6, 6.07) is 1.99. The van der Waals surface area contributed by atoms with Crippen LogP contribution in [-0.2, 0) is 6.54 Å². The van der Waals surface area contributed by atoms with E-state index >= 15 is 0 Å². The van der Waals surface area contributed by atoms with E-state index in [1.165, 1.54) is 5.56 Å². The van der Waals surface area contributed by atoms with Gasteiger partial charge in [0.25, 0.3) is 0 Å². The summed E-state index contributed by atoms with van der Waals surface area (Å²) >= 11 is 0. The van der Waals surface area contributed by atoms with Crippen LogP contribution >= 0.6 is 0 Å². The first-order chi connectivity index (χ1) is 8.61. The average Bonchev–Trinajstić information content (AvgIpc) is 2.75. The van der Waals surface area contributed by atoms with Gasteiger partial charge in [0.2, 0.25) is 5.95 Å². The van der Waals surface area contributed by atoms with Gasteiger partial charge in [0, 0.05) is 38.0 Å². The number of anilines is 2. The predicted molar refractivity (Wildman–Crippen MR) is 71.9 cm³/mol. The smallest absolute Gasteiger partial charge is 0.224 e. The van der Waals surface area contributed by atoms with E-state index in [2.05, 4.69) is 20.2 Å². The minimum Gasteiger partial charge on any atom is -0.469 e. The third kappa shape index (κ3) is 2.45. The van der Waals surface area contributed by atoms with Crippen LogP contribution in [0.4, 0.5) is 11.8 Å². The van der Waals surface area contributed by atoms with Crippen LogP contribution < -0.4 is 10.2 Å². The van der Waals surface area contributed by atoms with Crippen molar-refractivity contribution in [3.8, 4) is 0 Å². The Bertz CT molecular complexity index is 536. The van der Waals surface area contributed by atoms with Gasteiger partial charge >= 0.3 is 0 Å². The monoisotopic (exact) mass is 246 g/mol. The lowest BCUT2D eigenvalue weighted by atomic mass is 10.2. The zero-order chi connectivity index (χ0) is 13.1. The predicted octanol–water partition coefficient (Wildman–Crippen LogP) is 2.36. The lowest BCUT2D eigenvalue weighted by molar-refractivity contribution is 0.529. The number of aryl methyl sites for hydroxylation is 2. The lowest BCUT2D eigenvalue weighted by Crippen LogP contribution is -2.19. The first kappa shape index (κ1) is 12.4. The summed E-state index contributed by atoms with van der Waals surface area (Å²) in [6.45, 7) is 4.74. The Hall–Kier alpha value is -2.04. The SMILES string of the molecule is CNc1ncc(C)c(N(C)Cc2ccoc2C)n1. The number of aromatic nitrogens is 2. The molecule has 2 heterocycles. The fourth-order valence-corrected chi connectivity index (χ4v) is 1.85. The van der Waals surface area contributed by atoms with Gasteiger partial charge in [0.1, 0.15) is 11.6 Å². The second-order valence-electron chi connectivity index (χ2n) is 4.31. The van der Waals surface area contributed by atoms with Crippen molar-refractivity contribution in [3.63, 3.8) is 0 Å². The van der Waals surface area contributed by atoms with E-state index in [0.717, 1.165) is 23.7 Å². The molecule has 0 bridgehead atoms. The lowest BCUT2D eigenvalue weighted by Gasteiger charge is -2.20. The van der Waals surface area contributed by atoms with Crippen molar-refractivity contribution < 1.29 is 4.42 Å². The Kier molecular flexibility index (Phi) is 3.50. The van der Waals surface area contributed by atoms with Gasteiger partial charge in [-0.15, -0.1) is 0 Å². The second kappa shape index (κ2) is 5.08. The molecule has 0 radical (unpaired) electrons. The summed E-state index contributed by atoms with van der Waals surface area (Å²) in [4.78, 5) is 10.8. The van der Waals surface area contributed by atoms with E-state index in [1.54, 1.807) is 6.26 Å². The Morgan fingerprint density at radius 2 is 2.17 bits per heavy atom. The molecule has 0 fully saturated rings. The molecule has 5 heteroatoms. The highest BCUT2D eigenvalue weighted by molar-refractivity contribution is 5.48. The van der Waals surface area contributed by atoms with E-state index in [1.807, 2.05) is 40.2 Å². The standard InChI is InChI=1S/C13H18N4O/c1-9-7-15-13(14-3)16-12(9)17(4)8-11-5-6-18-10(11)2/h5-7H,8H2,1-4H3,(H,14,15,16). The highest BCUT2D eigenvalue weighted by Gasteiger charge is 2.11. The maximum absolute atomic E-state index is 5.30. The van der Waals surface area contributed by atoms with E-state index in [4.69, 9.17) is 4.42 Å². The summed E-state index contributed by atoms with van der Waals surface area (Å²) in [6.07, 6.45) is 3.54. The van der Waals surface area contributed by atoms with Crippen molar-refractivity contribution in [2.75, 3.05) is 24.3 Å². The maximum atomic E-state index is 5.30. The van der Waals surface area contributed by atoms with Crippen molar-refractivity contribution in [2.45, 2.75) is 20.4 Å². The molecule has 0 aliphatic rings. The number of furan rings is 1. The zero-order valence-electron chi connectivity index (χ0n) is 11.2. The molecule has 2 rings (SSSR count). The molecule has 5 nitrogen and oxygen atoms in total. The van der Waals surface area contributed by atoms with Gasteiger partial charge in [0.15, 0.2) is 0 Å². The molecule has 0 unspecified atom stereocenters. The van der Waals surface area contributed by atoms with Gasteiger partial charge in [-0.2, -0.15) is 4.98 Å². The summed E-state index contributed by atoms with van der Waals surface area (Å²) in [5.41, 5.74) is 2.22. The third-order valence-corrected chi connectivity index (χ3v) is 2.90. The molecule has 96 valence electrons. The maximum Gasteiger partial charge on any atom is 0.224 e. The number of nitrogens with zero attached hydrogens (tertiary/aromatic N) is 3. The quantitative estimate of drug-likeness (QED) is 0.897. The topological polar surface area (TPSA) is 54.2 Å². The largest absolute Gasteiger partial charge is 0.469 e. The van der Waals surface area contributed by atoms with Crippen LogP contribution in [0.2, 0.25) is 0 Å². The van der Waals surface area contributed by atoms with Gasteiger partial charge < -0.3 is 14.6 Å². The Balaban J connectivity index is 2.23. The molecular weight excluding hydrogens is 228 g/mol. The van der Waals surface area contributed by atoms with Crippen molar-refractivity contribution in [1.29, 1.82) is 0 Å². The highest BCUT2D eigenvalue weighted by atomic mass is 16.3. The van der Waals surface area contributed by atoms with Crippen LogP contribution in [0.1, 0.15) is 16.9 Å². The highest BCUT2D eigenvalue weighted by Crippen LogP contribution is 2.20. The third-order valence-electron chi connectivity index (χ3n) is 2.90. The molecule has 0 aromatic carbocycles. The van der Waals surface area contributed by atoms with Gasteiger partial charge in [-0.05, 0) is 19.9 Å². The molecule has 0 saturated heterocycles. The van der Waals surface area contributed by atoms with Crippen molar-refractivity contribution in [2.24, 2.45) is 0 Å². The molecule has 0 atom stereocenters. The first-order valence-electron chi connectivity index (χ1n) is 5.87. The van der Waals surface area contributed by atoms with Crippen LogP contribution in [0.15, 0.2) is 22.9 Å². The molecule has 0 aliphatic carbocycles. The summed E-state index contributed by atoms with van der Waals surface area (Å²) in [5.74, 6) is 2.50. The minimum absolute atomic E-state index is 0.631. The molecule has 1 N–H and O–H groups in total. The number of hydrogen-bond donors (Lipinski definition) is 1. The average molecular weight is 246 g/mol. The molecular formula is C13H18N4O. The van der Waals surface area contributed by atoms with Gasteiger partial charge in [0.05, 0.1) is 6.26 Å². The Morgan fingerprint density at radius 1 is 1.39 bits per heavy atom. The van der Waals surface area contributed by atoms with E-state index in [0.29, 0.717) is 5.95 Å². The van der Waals surface area contributed by atoms with Gasteiger partial charge in [-0.3, -0.25) is 0 Å². The summed E-state index contributed by atoms with van der Waals surface area (Å²) in [7, 11) is 3.83. The molecule has 0 aliphatic heterocycles. The second-order valence-corrected chi connectivity index (χ2v) is 4.31. The van der Waals surface area contributed by atoms with Crippen LogP contribution in [0, 0.1) is 13.8 Å². The van der Waals surface area contributed by atoms with Crippen LogP contribution in [0.5, 0.6) is 0 Å². The van der Waals surface area contributed by atoms with E-state index in [-0.39, 0.29) is 0 Å². The van der Waals surface area contributed by atoms with Crippen LogP contribution in [0.3, 0.4) is 0 Å². The Morgan fingerprint density at radius 3 is 2.78 bits per heavy atom. The number of rotatable bonds is 4. The molecule has 2 aromatic rings. The molecule has 2 aromatic heterocycles. The minimum atomic E-state index is 0.631. The van der Waals surface area contributed by atoms with Crippen molar-refractivity contribution in [1.82, 2.24) is 9.97 Å². The van der Waals surface area contributed by atoms with Gasteiger partial charge in [-0.1, -0.05) is 0 Å². The fraction of sp³-hybridized carbons (Fsp3) is 0.385. The van der Waals surface area contributed by atoms with Crippen LogP contribution in [-0.4, -0.2) is 24.1 Å². The fourth-order valence-electron chi connectivity index (χ4n) is 1.85. The van der Waals surface area contributed by atoms with Crippen LogP contribution in [0.25, 0.3) is 0 Å². The summed E-state index contributed by atoms with van der Waals surface area (Å²) < 4.78 is 5.30. The number of hydrogen-bond acceptors (Lipinski definition) is 5. The first-order valence-corrected chi connectivity index (χ1v) is 5.87. The Labute approximate surface area is 107 Å². The molecule has 0 spiro atoms. The van der Waals surface area contributed by atoms with E-state index in [9.17, 15) is 0 Å². The van der Waals surface area contributed by atoms with Gasteiger partial charge in [-0.25, -0.2) is 4.98 Å². The molecule has 0 saturated carbocycles. The molecule has 18 heavy (non-hydrogen) atoms. The zero-order valence-corrected chi connectivity index (χ0v) is 11.2. The normalized spacial score (nSPS) is 10.4. The summed E-state index contributed by atoms with van der Waals surface area (Å²) in [5, 5.41) is 2.95. The van der Waals surface area contributed by atoms with E-state index < -0.39 is 0 Å². The number of nitrogens with one attached hydrogen (secondary N) is 1. The van der Waals surface area contributed by atoms with Crippen molar-refractivity contribution in [3.05, 3.63) is 35.4 Å². The van der Waals surface area contributed by atoms with Crippen molar-refractivity contribution >= 4 is 11.8 Å².